The van der Waals surface area contributed by atoms with Crippen molar-refractivity contribution in [1.29, 1.82) is 0 Å². The molecule has 354 valence electrons. The number of methoxy groups -OCH3 is 1. The molecular formula is C37H69Cl3N7O11P3. The normalized spacial score (nSPS) is 28.2. The molecule has 4 N–H and O–H groups in total. The first-order chi connectivity index (χ1) is 29.0. The number of aromatic nitrogens is 4. The zero-order chi connectivity index (χ0) is 45.2. The molecule has 7 atom stereocenters. The molecule has 3 fully saturated rings. The van der Waals surface area contributed by atoms with Gasteiger partial charge in [0.2, 0.25) is 5.28 Å². The van der Waals surface area contributed by atoms with E-state index in [0.29, 0.717) is 0 Å². The molecule has 3 aliphatic rings. The molecule has 3 unspecified atom stereocenters. The summed E-state index contributed by atoms with van der Waals surface area (Å²) >= 11 is 17.0. The molecule has 2 aromatic heterocycles. The number of rotatable bonds is 23. The Morgan fingerprint density at radius 3 is 1.66 bits per heavy atom. The minimum atomic E-state index is -5.02. The zero-order valence-electron chi connectivity index (χ0n) is 36.7. The number of nitrogen functional groups attached to an aromatic ring is 1. The molecule has 3 aliphatic heterocycles. The first-order valence-corrected chi connectivity index (χ1v) is 26.9. The third-order valence-electron chi connectivity index (χ3n) is 10.1. The average molecular weight is 987 g/mol. The molecule has 0 amide bonds. The predicted molar refractivity (Wildman–Crippen MR) is 241 cm³/mol. The summed E-state index contributed by atoms with van der Waals surface area (Å²) in [5.74, 6) is 0.0532. The van der Waals surface area contributed by atoms with Gasteiger partial charge < -0.3 is 48.8 Å². The van der Waals surface area contributed by atoms with Crippen molar-refractivity contribution in [1.82, 2.24) is 29.3 Å². The highest BCUT2D eigenvalue weighted by atomic mass is 35.5. The van der Waals surface area contributed by atoms with Crippen molar-refractivity contribution in [3.63, 3.8) is 0 Å². The number of unbranched alkanes of at least 4 members (excludes halogenated alkanes) is 6. The molecule has 0 aliphatic carbocycles. The highest BCUT2D eigenvalue weighted by Crippen LogP contribution is 2.87. The lowest BCUT2D eigenvalue weighted by Gasteiger charge is -2.35. The second-order valence-corrected chi connectivity index (χ2v) is 23.5. The van der Waals surface area contributed by atoms with Crippen LogP contribution in [-0.2, 0) is 41.2 Å². The zero-order valence-corrected chi connectivity index (χ0v) is 41.7. The molecule has 3 saturated heterocycles. The van der Waals surface area contributed by atoms with E-state index in [1.165, 1.54) is 134 Å². The van der Waals surface area contributed by atoms with Gasteiger partial charge in [-0.2, -0.15) is 9.97 Å². The summed E-state index contributed by atoms with van der Waals surface area (Å²) < 4.78 is 60.3. The maximum Gasteiger partial charge on any atom is 0.383 e. The fraction of sp³-hybridized carbons (Fsp3) is 0.865. The van der Waals surface area contributed by atoms with E-state index in [4.69, 9.17) is 72.6 Å². The van der Waals surface area contributed by atoms with Gasteiger partial charge in [0.1, 0.15) is 23.8 Å². The summed E-state index contributed by atoms with van der Waals surface area (Å²) in [6.45, 7) is 20.1. The Kier molecular flexibility index (Phi) is 24.7. The number of alkyl halides is 2. The maximum atomic E-state index is 12.2. The fourth-order valence-electron chi connectivity index (χ4n) is 6.47. The number of fused-ring (bicyclic) bond motifs is 2. The average Bonchev–Trinajstić information content (AvgIpc) is 3.93. The Morgan fingerprint density at radius 2 is 1.23 bits per heavy atom. The summed E-state index contributed by atoms with van der Waals surface area (Å²) in [7, 11) is -11.5. The third-order valence-corrected chi connectivity index (χ3v) is 18.9. The van der Waals surface area contributed by atoms with Crippen LogP contribution >= 0.6 is 58.6 Å². The Balaban J connectivity index is 0.000000315. The van der Waals surface area contributed by atoms with Gasteiger partial charge in [-0.3, -0.25) is 13.7 Å². The standard InChI is InChI=1S/C13H15Cl3N5O11P3.2C12H27N/c1-26-12-29-6-4(2-27-33-31-34(22,23)13(15,16)35(24,25)32-33)28-10(7(6)30-12)21-3-18-5-8(17)19-11(14)20-9(5)21;2*1-4-7-10-13(11-8-5-2)12-9-6-3/h3-4,6-7,10,12H,2H2,1H3,(H,22,23)(H,24,25)(H2,17,19,20);2*4-12H2,1-3H3/t4-,6-,7-,10-,12?;;/m1../s1. The van der Waals surface area contributed by atoms with Crippen LogP contribution < -0.4 is 5.73 Å². The molecule has 5 heterocycles. The summed E-state index contributed by atoms with van der Waals surface area (Å²) in [4.78, 5) is 37.2. The van der Waals surface area contributed by atoms with Gasteiger partial charge in [0.25, 0.3) is 6.48 Å². The third kappa shape index (κ3) is 15.9. The van der Waals surface area contributed by atoms with Crippen LogP contribution in [0.3, 0.4) is 0 Å². The lowest BCUT2D eigenvalue weighted by molar-refractivity contribution is -0.256. The topological polar surface area (TPSA) is 215 Å². The summed E-state index contributed by atoms with van der Waals surface area (Å²) in [6, 6.07) is 0. The van der Waals surface area contributed by atoms with E-state index < -0.39 is 65.2 Å². The number of hydrogen-bond acceptors (Lipinski definition) is 15. The van der Waals surface area contributed by atoms with Gasteiger partial charge in [0, 0.05) is 7.11 Å². The fourth-order valence-corrected chi connectivity index (χ4v) is 13.0. The molecule has 2 aromatic rings. The Hall–Kier alpha value is -0.330. The van der Waals surface area contributed by atoms with E-state index in [2.05, 4.69) is 66.3 Å². The smallest absolute Gasteiger partial charge is 0.382 e. The molecule has 5 rings (SSSR count). The van der Waals surface area contributed by atoms with Gasteiger partial charge in [-0.25, -0.2) is 13.6 Å². The number of hydrogen-bond donors (Lipinski definition) is 3. The van der Waals surface area contributed by atoms with Crippen LogP contribution in [0.4, 0.5) is 5.82 Å². The SMILES string of the molecule is CCCCN(CCCC)CCCC.CCCCN(CCCC)CCCC.COC1O[C@@H]2[C@H](O1)[C@@H](COP1OP(=O)(O)C(Cl)(Cl)P(=O)(O)O1)O[C@H]2n1cnc2c(N)nc(Cl)nc21. The summed E-state index contributed by atoms with van der Waals surface area (Å²) in [5.41, 5.74) is 6.38. The van der Waals surface area contributed by atoms with Gasteiger partial charge >= 0.3 is 27.6 Å². The number of halogens is 3. The van der Waals surface area contributed by atoms with Gasteiger partial charge in [-0.1, -0.05) is 103 Å². The van der Waals surface area contributed by atoms with Gasteiger partial charge in [0.05, 0.1) is 12.9 Å². The first kappa shape index (κ1) is 55.0. The van der Waals surface area contributed by atoms with Crippen molar-refractivity contribution in [2.75, 3.05) is 58.7 Å². The number of nitrogens with two attached hydrogens (primary N) is 1. The lowest BCUT2D eigenvalue weighted by Crippen LogP contribution is -2.32. The van der Waals surface area contributed by atoms with Crippen LogP contribution in [0.5, 0.6) is 0 Å². The van der Waals surface area contributed by atoms with Crippen molar-refractivity contribution in [2.45, 2.75) is 153 Å². The number of nitrogens with zero attached hydrogens (tertiary/aromatic N) is 6. The Bertz CT molecular complexity index is 1590. The molecule has 0 radical (unpaired) electrons. The molecule has 0 saturated carbocycles. The maximum absolute atomic E-state index is 12.2. The van der Waals surface area contributed by atoms with E-state index in [0.717, 1.165) is 0 Å². The highest BCUT2D eigenvalue weighted by Gasteiger charge is 2.68. The van der Waals surface area contributed by atoms with Crippen LogP contribution in [0.25, 0.3) is 11.2 Å². The van der Waals surface area contributed by atoms with Crippen molar-refractivity contribution in [3.8, 4) is 0 Å². The summed E-state index contributed by atoms with van der Waals surface area (Å²) in [5, 5.41) is -0.115. The number of anilines is 1. The van der Waals surface area contributed by atoms with Gasteiger partial charge in [-0.15, -0.1) is 0 Å². The van der Waals surface area contributed by atoms with Crippen LogP contribution in [0.2, 0.25) is 5.28 Å². The Morgan fingerprint density at radius 1 is 0.787 bits per heavy atom. The quantitative estimate of drug-likeness (QED) is 0.0536. The van der Waals surface area contributed by atoms with Crippen LogP contribution in [0, 0.1) is 0 Å². The molecule has 0 bridgehead atoms. The molecule has 18 nitrogen and oxygen atoms in total. The minimum Gasteiger partial charge on any atom is -0.382 e. The second kappa shape index (κ2) is 27.3. The van der Waals surface area contributed by atoms with E-state index in [1.54, 1.807) is 0 Å². The number of imidazole rings is 1. The predicted octanol–water partition coefficient (Wildman–Crippen LogP) is 9.80. The second-order valence-electron chi connectivity index (χ2n) is 15.0. The van der Waals surface area contributed by atoms with Crippen molar-refractivity contribution >= 4 is 75.6 Å². The Labute approximate surface area is 378 Å². The van der Waals surface area contributed by atoms with E-state index in [-0.39, 0.29) is 22.3 Å². The van der Waals surface area contributed by atoms with Crippen LogP contribution in [0.15, 0.2) is 6.33 Å². The highest BCUT2D eigenvalue weighted by molar-refractivity contribution is 7.86. The van der Waals surface area contributed by atoms with Crippen LogP contribution in [-0.4, -0.2) is 121 Å². The van der Waals surface area contributed by atoms with E-state index in [1.807, 2.05) is 0 Å². The number of ether oxygens (including phenoxy) is 4. The van der Waals surface area contributed by atoms with Gasteiger partial charge in [0.15, 0.2) is 17.7 Å². The van der Waals surface area contributed by atoms with Crippen LogP contribution in [0.1, 0.15) is 125 Å². The molecule has 61 heavy (non-hydrogen) atoms. The molecule has 0 aromatic carbocycles. The van der Waals surface area contributed by atoms with E-state index in [9.17, 15) is 18.9 Å². The summed E-state index contributed by atoms with van der Waals surface area (Å²) in [6.07, 6.45) is 14.2. The van der Waals surface area contributed by atoms with Crippen molar-refractivity contribution in [3.05, 3.63) is 11.6 Å². The van der Waals surface area contributed by atoms with Crippen molar-refractivity contribution < 1.29 is 51.0 Å². The van der Waals surface area contributed by atoms with Crippen molar-refractivity contribution in [2.24, 2.45) is 0 Å². The lowest BCUT2D eigenvalue weighted by atomic mass is 10.1. The monoisotopic (exact) mass is 985 g/mol. The molecular weight excluding hydrogens is 918 g/mol. The first-order valence-electron chi connectivity index (χ1n) is 21.5. The largest absolute Gasteiger partial charge is 0.383 e. The molecule has 24 heteroatoms. The minimum absolute atomic E-state index is 0.0532. The van der Waals surface area contributed by atoms with Gasteiger partial charge in [-0.05, 0) is 89.4 Å². The molecule has 0 spiro atoms. The van der Waals surface area contributed by atoms with E-state index >= 15 is 0 Å².